The Hall–Kier alpha value is -2.10. The van der Waals surface area contributed by atoms with Gasteiger partial charge in [0.15, 0.2) is 6.23 Å². The second-order valence-corrected chi connectivity index (χ2v) is 5.60. The highest BCUT2D eigenvalue weighted by molar-refractivity contribution is 6.04. The summed E-state index contributed by atoms with van der Waals surface area (Å²) in [5, 5.41) is 0. The van der Waals surface area contributed by atoms with Crippen LogP contribution in [0.15, 0.2) is 48.7 Å². The standard InChI is InChI=1S/C16H21NO3/c1-7-9-10-12(8-2)13(18)17-11(3)14(19)20-15(17)16(4,5)6/h7-10,15H,2-3H2,1,4-6H3/b9-7-,12-10+. The molecule has 0 aromatic heterocycles. The Morgan fingerprint density at radius 3 is 2.45 bits per heavy atom. The van der Waals surface area contributed by atoms with Crippen molar-refractivity contribution in [1.29, 1.82) is 0 Å². The molecule has 0 spiro atoms. The number of cyclic esters (lactones) is 1. The molecule has 108 valence electrons. The van der Waals surface area contributed by atoms with Crippen molar-refractivity contribution < 1.29 is 14.3 Å². The molecule has 0 aromatic carbocycles. The third-order valence-corrected chi connectivity index (χ3v) is 2.87. The van der Waals surface area contributed by atoms with Crippen LogP contribution in [0.25, 0.3) is 0 Å². The van der Waals surface area contributed by atoms with Crippen LogP contribution in [0.5, 0.6) is 0 Å². The number of nitrogens with zero attached hydrogens (tertiary/aromatic N) is 1. The van der Waals surface area contributed by atoms with Gasteiger partial charge in [-0.1, -0.05) is 52.2 Å². The lowest BCUT2D eigenvalue weighted by molar-refractivity contribution is -0.150. The third kappa shape index (κ3) is 3.07. The van der Waals surface area contributed by atoms with Crippen molar-refractivity contribution >= 4 is 11.9 Å². The fourth-order valence-electron chi connectivity index (χ4n) is 1.82. The molecule has 0 aromatic rings. The summed E-state index contributed by atoms with van der Waals surface area (Å²) in [6, 6.07) is 0. The molecule has 1 rings (SSSR count). The average Bonchev–Trinajstić information content (AvgIpc) is 2.66. The van der Waals surface area contributed by atoms with E-state index in [2.05, 4.69) is 13.2 Å². The molecule has 0 bridgehead atoms. The van der Waals surface area contributed by atoms with Gasteiger partial charge in [0.2, 0.25) is 0 Å². The molecule has 0 aliphatic carbocycles. The number of esters is 1. The van der Waals surface area contributed by atoms with Gasteiger partial charge in [0, 0.05) is 11.0 Å². The van der Waals surface area contributed by atoms with Gasteiger partial charge in [-0.2, -0.15) is 0 Å². The number of allylic oxidation sites excluding steroid dienone is 3. The van der Waals surface area contributed by atoms with Gasteiger partial charge in [0.25, 0.3) is 5.91 Å². The molecule has 1 fully saturated rings. The van der Waals surface area contributed by atoms with E-state index in [1.807, 2.05) is 27.7 Å². The number of ether oxygens (including phenoxy) is 1. The molecule has 4 nitrogen and oxygen atoms in total. The van der Waals surface area contributed by atoms with Gasteiger partial charge >= 0.3 is 5.97 Å². The highest BCUT2D eigenvalue weighted by Crippen LogP contribution is 2.34. The zero-order valence-corrected chi connectivity index (χ0v) is 12.5. The van der Waals surface area contributed by atoms with Gasteiger partial charge in [-0.05, 0) is 13.0 Å². The molecule has 0 saturated carbocycles. The first-order valence-corrected chi connectivity index (χ1v) is 6.43. The summed E-state index contributed by atoms with van der Waals surface area (Å²) in [6.07, 6.45) is 5.98. The highest BCUT2D eigenvalue weighted by atomic mass is 16.6. The molecule has 1 amide bonds. The zero-order chi connectivity index (χ0) is 15.5. The molecular formula is C16H21NO3. The monoisotopic (exact) mass is 275 g/mol. The predicted molar refractivity (Wildman–Crippen MR) is 78.4 cm³/mol. The second kappa shape index (κ2) is 5.90. The van der Waals surface area contributed by atoms with Crippen LogP contribution in [-0.4, -0.2) is 23.0 Å². The largest absolute Gasteiger partial charge is 0.436 e. The molecule has 1 aliphatic rings. The summed E-state index contributed by atoms with van der Waals surface area (Å²) in [6.45, 7) is 14.8. The predicted octanol–water partition coefficient (Wildman–Crippen LogP) is 2.95. The van der Waals surface area contributed by atoms with E-state index in [0.717, 1.165) is 0 Å². The highest BCUT2D eigenvalue weighted by Gasteiger charge is 2.46. The number of carbonyl (C=O) groups excluding carboxylic acids is 2. The molecule has 1 atom stereocenters. The zero-order valence-electron chi connectivity index (χ0n) is 12.5. The van der Waals surface area contributed by atoms with Crippen molar-refractivity contribution in [3.05, 3.63) is 48.7 Å². The van der Waals surface area contributed by atoms with Crippen LogP contribution in [0.2, 0.25) is 0 Å². The van der Waals surface area contributed by atoms with Crippen LogP contribution in [0, 0.1) is 5.41 Å². The normalized spacial score (nSPS) is 20.5. The topological polar surface area (TPSA) is 46.6 Å². The van der Waals surface area contributed by atoms with E-state index >= 15 is 0 Å². The molecule has 1 unspecified atom stereocenters. The van der Waals surface area contributed by atoms with E-state index in [9.17, 15) is 9.59 Å². The Morgan fingerprint density at radius 2 is 2.00 bits per heavy atom. The second-order valence-electron chi connectivity index (χ2n) is 5.60. The molecule has 20 heavy (non-hydrogen) atoms. The minimum Gasteiger partial charge on any atom is -0.436 e. The van der Waals surface area contributed by atoms with E-state index in [0.29, 0.717) is 5.57 Å². The Bertz CT molecular complexity index is 506. The maximum absolute atomic E-state index is 12.6. The minimum absolute atomic E-state index is 0.0585. The fraction of sp³-hybridized carbons (Fsp3) is 0.375. The van der Waals surface area contributed by atoms with E-state index in [-0.39, 0.29) is 11.6 Å². The fourth-order valence-corrected chi connectivity index (χ4v) is 1.82. The lowest BCUT2D eigenvalue weighted by Gasteiger charge is -2.32. The molecule has 1 heterocycles. The molecular weight excluding hydrogens is 254 g/mol. The quantitative estimate of drug-likeness (QED) is 0.452. The first kappa shape index (κ1) is 16.0. The summed E-state index contributed by atoms with van der Waals surface area (Å²) in [7, 11) is 0. The molecule has 0 N–H and O–H groups in total. The Labute approximate surface area is 120 Å². The van der Waals surface area contributed by atoms with Crippen molar-refractivity contribution in [2.24, 2.45) is 5.41 Å². The third-order valence-electron chi connectivity index (χ3n) is 2.87. The number of carbonyl (C=O) groups is 2. The maximum atomic E-state index is 12.6. The number of amides is 1. The van der Waals surface area contributed by atoms with Crippen molar-refractivity contribution in [3.63, 3.8) is 0 Å². The average molecular weight is 275 g/mol. The summed E-state index contributed by atoms with van der Waals surface area (Å²) in [5.41, 5.74) is 0.0393. The van der Waals surface area contributed by atoms with Crippen LogP contribution in [0.4, 0.5) is 0 Å². The summed E-state index contributed by atoms with van der Waals surface area (Å²) >= 11 is 0. The maximum Gasteiger partial charge on any atom is 0.356 e. The number of hydrogen-bond acceptors (Lipinski definition) is 3. The van der Waals surface area contributed by atoms with Crippen LogP contribution < -0.4 is 0 Å². The van der Waals surface area contributed by atoms with Crippen LogP contribution in [0.1, 0.15) is 27.7 Å². The number of hydrogen-bond donors (Lipinski definition) is 0. The molecule has 1 saturated heterocycles. The molecule has 0 radical (unpaired) electrons. The number of rotatable bonds is 3. The van der Waals surface area contributed by atoms with Crippen LogP contribution in [-0.2, 0) is 14.3 Å². The molecule has 4 heteroatoms. The van der Waals surface area contributed by atoms with Crippen LogP contribution in [0.3, 0.4) is 0 Å². The summed E-state index contributed by atoms with van der Waals surface area (Å²) in [4.78, 5) is 25.6. The van der Waals surface area contributed by atoms with Crippen molar-refractivity contribution in [3.8, 4) is 0 Å². The van der Waals surface area contributed by atoms with Crippen molar-refractivity contribution in [1.82, 2.24) is 4.90 Å². The lowest BCUT2D eigenvalue weighted by Crippen LogP contribution is -2.43. The van der Waals surface area contributed by atoms with Crippen LogP contribution >= 0.6 is 0 Å². The lowest BCUT2D eigenvalue weighted by atomic mass is 9.93. The van der Waals surface area contributed by atoms with Crippen molar-refractivity contribution in [2.75, 3.05) is 0 Å². The van der Waals surface area contributed by atoms with Gasteiger partial charge in [-0.15, -0.1) is 0 Å². The van der Waals surface area contributed by atoms with Gasteiger partial charge in [0.05, 0.1) is 0 Å². The Morgan fingerprint density at radius 1 is 1.40 bits per heavy atom. The minimum atomic E-state index is -0.663. The SMILES string of the molecule is C=C/C(=C\C=C/C)C(=O)N1C(=C)C(=O)OC1C(C)(C)C. The van der Waals surface area contributed by atoms with E-state index in [1.165, 1.54) is 11.0 Å². The summed E-state index contributed by atoms with van der Waals surface area (Å²) in [5.74, 6) is -0.901. The van der Waals surface area contributed by atoms with Gasteiger partial charge < -0.3 is 4.74 Å². The Balaban J connectivity index is 3.19. The summed E-state index contributed by atoms with van der Waals surface area (Å²) < 4.78 is 5.26. The molecule has 1 aliphatic heterocycles. The van der Waals surface area contributed by atoms with Gasteiger partial charge in [-0.25, -0.2) is 4.79 Å². The smallest absolute Gasteiger partial charge is 0.356 e. The van der Waals surface area contributed by atoms with E-state index < -0.39 is 17.6 Å². The van der Waals surface area contributed by atoms with Crippen molar-refractivity contribution in [2.45, 2.75) is 33.9 Å². The Kier molecular flexibility index (Phi) is 4.71. The van der Waals surface area contributed by atoms with Gasteiger partial charge in [0.1, 0.15) is 5.70 Å². The van der Waals surface area contributed by atoms with E-state index in [4.69, 9.17) is 4.74 Å². The first-order chi connectivity index (χ1) is 9.23. The van der Waals surface area contributed by atoms with E-state index in [1.54, 1.807) is 18.2 Å². The first-order valence-electron chi connectivity index (χ1n) is 6.43. The van der Waals surface area contributed by atoms with Gasteiger partial charge in [-0.3, -0.25) is 9.69 Å².